The minimum atomic E-state index is -2.81. The highest BCUT2D eigenvalue weighted by molar-refractivity contribution is 7.32. The highest BCUT2D eigenvalue weighted by Crippen LogP contribution is 2.26. The minimum absolute atomic E-state index is 0.00912. The Labute approximate surface area is 70.9 Å². The molecule has 7 heteroatoms. The van der Waals surface area contributed by atoms with Crippen LogP contribution in [0.3, 0.4) is 0 Å². The van der Waals surface area contributed by atoms with Gasteiger partial charge >= 0.3 is 8.25 Å². The van der Waals surface area contributed by atoms with Crippen molar-refractivity contribution < 1.29 is 24.2 Å². The first-order chi connectivity index (χ1) is 5.54. The van der Waals surface area contributed by atoms with E-state index in [4.69, 9.17) is 20.8 Å². The maximum atomic E-state index is 10.2. The van der Waals surface area contributed by atoms with Crippen molar-refractivity contribution >= 4 is 8.25 Å². The largest absolute Gasteiger partial charge is 0.696 e. The molecule has 0 fully saturated rings. The predicted octanol–water partition coefficient (Wildman–Crippen LogP) is -0.928. The number of nitrogens with two attached hydrogens (primary N) is 1. The second-order valence-electron chi connectivity index (χ2n) is 2.34. The molecule has 0 aromatic rings. The summed E-state index contributed by atoms with van der Waals surface area (Å²) in [5.41, 5.74) is 4.02. The summed E-state index contributed by atoms with van der Waals surface area (Å²) in [6.45, 7) is -0.528. The maximum absolute atomic E-state index is 10.2. The Morgan fingerprint density at radius 1 is 1.33 bits per heavy atom. The van der Waals surface area contributed by atoms with Crippen LogP contribution in [0.15, 0.2) is 0 Å². The molecule has 0 aliphatic carbocycles. The summed E-state index contributed by atoms with van der Waals surface area (Å²) in [4.78, 5) is 8.39. The summed E-state index contributed by atoms with van der Waals surface area (Å²) < 4.78 is 14.7. The van der Waals surface area contributed by atoms with Crippen molar-refractivity contribution in [2.45, 2.75) is 18.6 Å². The fourth-order valence-electron chi connectivity index (χ4n) is 0.750. The second kappa shape index (κ2) is 5.53. The van der Waals surface area contributed by atoms with E-state index in [1.165, 1.54) is 0 Å². The fourth-order valence-corrected chi connectivity index (χ4v) is 1.24. The molecular weight excluding hydrogens is 185 g/mol. The van der Waals surface area contributed by atoms with Crippen LogP contribution in [0.25, 0.3) is 0 Å². The van der Waals surface area contributed by atoms with Crippen molar-refractivity contribution in [1.29, 1.82) is 0 Å². The summed E-state index contributed by atoms with van der Waals surface area (Å²) in [6.07, 6.45) is 0.0182. The average molecular weight is 198 g/mol. The van der Waals surface area contributed by atoms with E-state index in [-0.39, 0.29) is 26.1 Å². The summed E-state index contributed by atoms with van der Waals surface area (Å²) in [6, 6.07) is 0. The van der Waals surface area contributed by atoms with Crippen molar-refractivity contribution in [1.82, 2.24) is 0 Å². The van der Waals surface area contributed by atoms with Crippen LogP contribution >= 0.6 is 8.25 Å². The second-order valence-corrected chi connectivity index (χ2v) is 3.00. The molecule has 0 aromatic carbocycles. The summed E-state index contributed by atoms with van der Waals surface area (Å²) >= 11 is 0. The van der Waals surface area contributed by atoms with E-state index >= 15 is 0 Å². The third-order valence-corrected chi connectivity index (χ3v) is 1.85. The van der Waals surface area contributed by atoms with Gasteiger partial charge in [-0.1, -0.05) is 4.52 Å². The Morgan fingerprint density at radius 2 is 1.75 bits per heavy atom. The zero-order valence-electron chi connectivity index (χ0n) is 6.51. The van der Waals surface area contributed by atoms with Gasteiger partial charge in [-0.3, -0.25) is 5.73 Å². The van der Waals surface area contributed by atoms with Gasteiger partial charge in [0.2, 0.25) is 0 Å². The van der Waals surface area contributed by atoms with Crippen LogP contribution in [0.4, 0.5) is 0 Å². The van der Waals surface area contributed by atoms with Gasteiger partial charge < -0.3 is 10.2 Å². The third kappa shape index (κ3) is 4.71. The highest BCUT2D eigenvalue weighted by atomic mass is 31.1. The van der Waals surface area contributed by atoms with E-state index in [0.717, 1.165) is 0 Å². The smallest absolute Gasteiger partial charge is 0.396 e. The zero-order chi connectivity index (χ0) is 9.61. The van der Waals surface area contributed by atoms with Crippen LogP contribution in [0, 0.1) is 0 Å². The molecule has 0 aliphatic heterocycles. The quantitative estimate of drug-likeness (QED) is 0.324. The first-order valence-corrected chi connectivity index (χ1v) is 4.53. The van der Waals surface area contributed by atoms with E-state index in [1.54, 1.807) is 0 Å². The highest BCUT2D eigenvalue weighted by Gasteiger charge is 2.35. The lowest BCUT2D eigenvalue weighted by Crippen LogP contribution is -2.42. The fraction of sp³-hybridized carbons (Fsp3) is 1.00. The molecule has 0 saturated carbocycles. The van der Waals surface area contributed by atoms with Crippen LogP contribution in [0.2, 0.25) is 0 Å². The van der Waals surface area contributed by atoms with Crippen molar-refractivity contribution in [3.05, 3.63) is 0 Å². The number of rotatable bonds is 6. The zero-order valence-corrected chi connectivity index (χ0v) is 7.41. The Bertz CT molecular complexity index is 147. The van der Waals surface area contributed by atoms with E-state index in [2.05, 4.69) is 4.52 Å². The van der Waals surface area contributed by atoms with Crippen molar-refractivity contribution in [2.75, 3.05) is 13.2 Å². The van der Waals surface area contributed by atoms with Gasteiger partial charge in [-0.25, -0.2) is 0 Å². The molecule has 1 atom stereocenters. The van der Waals surface area contributed by atoms with Crippen LogP contribution < -0.4 is 5.73 Å². The van der Waals surface area contributed by atoms with Crippen molar-refractivity contribution in [2.24, 2.45) is 5.73 Å². The number of hydrogen-bond donors (Lipinski definition) is 4. The topological polar surface area (TPSA) is 113 Å². The van der Waals surface area contributed by atoms with Gasteiger partial charge in [0.1, 0.15) is 0 Å². The molecule has 6 nitrogen and oxygen atoms in total. The Morgan fingerprint density at radius 3 is 2.00 bits per heavy atom. The van der Waals surface area contributed by atoms with Gasteiger partial charge in [0.05, 0.1) is 0 Å². The monoisotopic (exact) mass is 198 g/mol. The molecule has 0 saturated heterocycles. The molecule has 5 N–H and O–H groups in total. The predicted molar refractivity (Wildman–Crippen MR) is 41.2 cm³/mol. The Kier molecular flexibility index (Phi) is 5.48. The van der Waals surface area contributed by atoms with Crippen LogP contribution in [0.5, 0.6) is 0 Å². The van der Waals surface area contributed by atoms with E-state index < -0.39 is 14.0 Å². The minimum Gasteiger partial charge on any atom is -0.396 e. The molecule has 0 radical (unpaired) electrons. The van der Waals surface area contributed by atoms with Gasteiger partial charge in [0.15, 0.2) is 5.72 Å². The number of aliphatic hydroxyl groups excluding tert-OH is 2. The Balaban J connectivity index is 4.07. The molecule has 1 unspecified atom stereocenters. The molecule has 0 heterocycles. The third-order valence-electron chi connectivity index (χ3n) is 1.33. The van der Waals surface area contributed by atoms with Crippen molar-refractivity contribution in [3.8, 4) is 0 Å². The van der Waals surface area contributed by atoms with Crippen LogP contribution in [-0.4, -0.2) is 34.0 Å². The maximum Gasteiger partial charge on any atom is 0.696 e. The van der Waals surface area contributed by atoms with E-state index in [1.807, 2.05) is 0 Å². The summed E-state index contributed by atoms with van der Waals surface area (Å²) in [5, 5.41) is 17.0. The molecule has 0 rings (SSSR count). The first-order valence-electron chi connectivity index (χ1n) is 3.40. The van der Waals surface area contributed by atoms with Crippen LogP contribution in [0.1, 0.15) is 12.8 Å². The van der Waals surface area contributed by atoms with Crippen molar-refractivity contribution in [3.63, 3.8) is 0 Å². The molecule has 0 amide bonds. The molecule has 0 aromatic heterocycles. The van der Waals surface area contributed by atoms with Gasteiger partial charge in [-0.05, 0) is 0 Å². The van der Waals surface area contributed by atoms with Crippen LogP contribution in [-0.2, 0) is 9.09 Å². The lowest BCUT2D eigenvalue weighted by Gasteiger charge is -2.19. The normalized spacial score (nSPS) is 13.2. The Hall–Kier alpha value is -0.100. The van der Waals surface area contributed by atoms with Gasteiger partial charge in [-0.15, -0.1) is 4.89 Å². The SMILES string of the molecule is NC(CCO)(CCO)O[P+](=O)O. The first kappa shape index (κ1) is 11.9. The number of aliphatic hydroxyl groups is 2. The molecule has 0 spiro atoms. The standard InChI is InChI=1S/C5H12NO5P/c6-5(1-3-7,2-4-8)11-12(9)10/h7-8H,1-4,6H2/p+1. The van der Waals surface area contributed by atoms with E-state index in [9.17, 15) is 4.57 Å². The van der Waals surface area contributed by atoms with Gasteiger partial charge in [-0.2, -0.15) is 0 Å². The van der Waals surface area contributed by atoms with E-state index in [0.29, 0.717) is 0 Å². The lowest BCUT2D eigenvalue weighted by atomic mass is 10.1. The summed E-state index contributed by atoms with van der Waals surface area (Å²) in [7, 11) is -2.81. The summed E-state index contributed by atoms with van der Waals surface area (Å²) in [5.74, 6) is 0. The van der Waals surface area contributed by atoms with Gasteiger partial charge in [0.25, 0.3) is 0 Å². The molecule has 12 heavy (non-hydrogen) atoms. The molecule has 0 aliphatic rings. The van der Waals surface area contributed by atoms with Gasteiger partial charge in [0, 0.05) is 30.6 Å². The molecular formula is C5H13NO5P+. The number of hydrogen-bond acceptors (Lipinski definition) is 5. The molecule has 0 bridgehead atoms. The average Bonchev–Trinajstić information content (AvgIpc) is 1.85. The lowest BCUT2D eigenvalue weighted by molar-refractivity contribution is 0.0220. The molecule has 72 valence electrons.